The second-order valence-corrected chi connectivity index (χ2v) is 13.4. The normalized spacial score (nSPS) is 12.8. The number of anilines is 1. The molecule has 0 saturated carbocycles. The van der Waals surface area contributed by atoms with Gasteiger partial charge in [-0.05, 0) is 101 Å². The molecule has 0 aromatic heterocycles. The SMILES string of the molecule is CCCCCCCN(C(=O)C(CCSC)NC(=O)OC(C)(C)C)C(C(=O)Nc1c(C)cccc1C)c1c(C)cccc1C. The highest BCUT2D eigenvalue weighted by atomic mass is 32.2. The molecular weight excluding hydrogens is 558 g/mol. The summed E-state index contributed by atoms with van der Waals surface area (Å²) in [5, 5.41) is 6.03. The van der Waals surface area contributed by atoms with Crippen LogP contribution in [0.3, 0.4) is 0 Å². The largest absolute Gasteiger partial charge is 0.444 e. The van der Waals surface area contributed by atoms with Crippen molar-refractivity contribution in [2.45, 2.75) is 112 Å². The van der Waals surface area contributed by atoms with Gasteiger partial charge in [-0.3, -0.25) is 9.59 Å². The number of para-hydroxylation sites is 1. The molecule has 0 radical (unpaired) electrons. The molecule has 0 aliphatic heterocycles. The molecule has 8 heteroatoms. The monoisotopic (exact) mass is 611 g/mol. The van der Waals surface area contributed by atoms with Crippen LogP contribution in [0.15, 0.2) is 36.4 Å². The molecule has 2 atom stereocenters. The van der Waals surface area contributed by atoms with E-state index < -0.39 is 23.8 Å². The fraction of sp³-hybridized carbons (Fsp3) is 0.571. The lowest BCUT2D eigenvalue weighted by atomic mass is 9.93. The number of alkyl carbamates (subject to hydrolysis) is 1. The van der Waals surface area contributed by atoms with Gasteiger partial charge in [-0.2, -0.15) is 11.8 Å². The zero-order valence-electron chi connectivity index (χ0n) is 27.8. The lowest BCUT2D eigenvalue weighted by Gasteiger charge is -2.36. The van der Waals surface area contributed by atoms with Crippen LogP contribution in [0.5, 0.6) is 0 Å². The van der Waals surface area contributed by atoms with Crippen LogP contribution in [-0.4, -0.2) is 53.0 Å². The first-order chi connectivity index (χ1) is 20.3. The third-order valence-electron chi connectivity index (χ3n) is 7.49. The summed E-state index contributed by atoms with van der Waals surface area (Å²) in [4.78, 5) is 43.6. The van der Waals surface area contributed by atoms with E-state index in [0.29, 0.717) is 18.7 Å². The van der Waals surface area contributed by atoms with Gasteiger partial charge in [-0.25, -0.2) is 4.79 Å². The molecule has 0 spiro atoms. The first kappa shape index (κ1) is 36.2. The molecule has 2 aromatic carbocycles. The van der Waals surface area contributed by atoms with Crippen molar-refractivity contribution in [1.29, 1.82) is 0 Å². The van der Waals surface area contributed by atoms with Gasteiger partial charge in [0.25, 0.3) is 5.91 Å². The summed E-state index contributed by atoms with van der Waals surface area (Å²) in [6.45, 7) is 15.9. The third kappa shape index (κ3) is 11.2. The average Bonchev–Trinajstić information content (AvgIpc) is 2.92. The predicted octanol–water partition coefficient (Wildman–Crippen LogP) is 8.05. The van der Waals surface area contributed by atoms with Gasteiger partial charge in [0.15, 0.2) is 0 Å². The number of ether oxygens (including phenoxy) is 1. The predicted molar refractivity (Wildman–Crippen MR) is 180 cm³/mol. The van der Waals surface area contributed by atoms with Crippen molar-refractivity contribution >= 4 is 35.4 Å². The molecule has 2 N–H and O–H groups in total. The van der Waals surface area contributed by atoms with E-state index in [2.05, 4.69) is 17.6 Å². The van der Waals surface area contributed by atoms with Crippen LogP contribution in [0.4, 0.5) is 10.5 Å². The number of nitrogens with one attached hydrogen (secondary N) is 2. The molecule has 43 heavy (non-hydrogen) atoms. The van der Waals surface area contributed by atoms with E-state index in [1.165, 1.54) is 0 Å². The number of carbonyl (C=O) groups is 3. The number of hydrogen-bond donors (Lipinski definition) is 2. The second-order valence-electron chi connectivity index (χ2n) is 12.4. The quantitative estimate of drug-likeness (QED) is 0.199. The van der Waals surface area contributed by atoms with E-state index >= 15 is 0 Å². The zero-order valence-corrected chi connectivity index (χ0v) is 28.6. The number of unbranched alkanes of at least 4 members (excludes halogenated alkanes) is 4. The van der Waals surface area contributed by atoms with E-state index in [4.69, 9.17) is 4.74 Å². The fourth-order valence-corrected chi connectivity index (χ4v) is 5.76. The van der Waals surface area contributed by atoms with E-state index in [1.807, 2.05) is 70.3 Å². The van der Waals surface area contributed by atoms with Gasteiger partial charge < -0.3 is 20.3 Å². The summed E-state index contributed by atoms with van der Waals surface area (Å²) in [5.74, 6) is 0.122. The number of aryl methyl sites for hydroxylation is 4. The summed E-state index contributed by atoms with van der Waals surface area (Å²) in [7, 11) is 0. The minimum atomic E-state index is -0.879. The summed E-state index contributed by atoms with van der Waals surface area (Å²) in [6, 6.07) is 10.1. The van der Waals surface area contributed by atoms with Gasteiger partial charge >= 0.3 is 6.09 Å². The van der Waals surface area contributed by atoms with Gasteiger partial charge in [-0.15, -0.1) is 0 Å². The van der Waals surface area contributed by atoms with Crippen molar-refractivity contribution in [2.75, 3.05) is 23.9 Å². The van der Waals surface area contributed by atoms with Crippen molar-refractivity contribution in [2.24, 2.45) is 0 Å². The molecular formula is C35H53N3O4S. The summed E-state index contributed by atoms with van der Waals surface area (Å²) in [5.41, 5.74) is 4.64. The molecule has 2 aromatic rings. The van der Waals surface area contributed by atoms with Crippen LogP contribution in [0, 0.1) is 27.7 Å². The van der Waals surface area contributed by atoms with Crippen LogP contribution in [-0.2, 0) is 14.3 Å². The highest BCUT2D eigenvalue weighted by Gasteiger charge is 2.37. The highest BCUT2D eigenvalue weighted by molar-refractivity contribution is 7.98. The van der Waals surface area contributed by atoms with Gasteiger partial charge in [0.2, 0.25) is 5.91 Å². The molecule has 0 aliphatic rings. The fourth-order valence-electron chi connectivity index (χ4n) is 5.29. The van der Waals surface area contributed by atoms with Gasteiger partial charge in [0.1, 0.15) is 17.7 Å². The molecule has 238 valence electrons. The van der Waals surface area contributed by atoms with Crippen LogP contribution >= 0.6 is 11.8 Å². The van der Waals surface area contributed by atoms with Gasteiger partial charge in [0, 0.05) is 12.2 Å². The van der Waals surface area contributed by atoms with Gasteiger partial charge in [0.05, 0.1) is 0 Å². The maximum atomic E-state index is 14.6. The maximum Gasteiger partial charge on any atom is 0.408 e. The Kier molecular flexibility index (Phi) is 14.6. The number of benzene rings is 2. The number of hydrogen-bond acceptors (Lipinski definition) is 5. The number of carbonyl (C=O) groups excluding carboxylic acids is 3. The second kappa shape index (κ2) is 17.3. The van der Waals surface area contributed by atoms with Crippen molar-refractivity contribution in [3.05, 3.63) is 64.2 Å². The molecule has 0 heterocycles. The van der Waals surface area contributed by atoms with Crippen molar-refractivity contribution in [1.82, 2.24) is 10.2 Å². The number of nitrogens with zero attached hydrogens (tertiary/aromatic N) is 1. The molecule has 0 aliphatic carbocycles. The van der Waals surface area contributed by atoms with Crippen molar-refractivity contribution in [3.63, 3.8) is 0 Å². The van der Waals surface area contributed by atoms with Gasteiger partial charge in [-0.1, -0.05) is 69.0 Å². The van der Waals surface area contributed by atoms with Crippen LogP contribution in [0.1, 0.15) is 100 Å². The minimum absolute atomic E-state index is 0.266. The van der Waals surface area contributed by atoms with E-state index in [1.54, 1.807) is 37.4 Å². The minimum Gasteiger partial charge on any atom is -0.444 e. The summed E-state index contributed by atoms with van der Waals surface area (Å²) >= 11 is 1.61. The molecule has 7 nitrogen and oxygen atoms in total. The molecule has 2 unspecified atom stereocenters. The maximum absolute atomic E-state index is 14.6. The van der Waals surface area contributed by atoms with Crippen LogP contribution < -0.4 is 10.6 Å². The molecule has 3 amide bonds. The molecule has 0 bridgehead atoms. The lowest BCUT2D eigenvalue weighted by molar-refractivity contribution is -0.141. The molecule has 0 saturated heterocycles. The van der Waals surface area contributed by atoms with Crippen LogP contribution in [0.25, 0.3) is 0 Å². The zero-order chi connectivity index (χ0) is 32.2. The lowest BCUT2D eigenvalue weighted by Crippen LogP contribution is -2.53. The molecule has 0 fully saturated rings. The first-order valence-corrected chi connectivity index (χ1v) is 16.9. The Morgan fingerprint density at radius 3 is 1.98 bits per heavy atom. The average molecular weight is 612 g/mol. The number of rotatable bonds is 15. The van der Waals surface area contributed by atoms with Crippen LogP contribution in [0.2, 0.25) is 0 Å². The highest BCUT2D eigenvalue weighted by Crippen LogP contribution is 2.31. The summed E-state index contributed by atoms with van der Waals surface area (Å²) < 4.78 is 5.53. The Bertz CT molecular complexity index is 1180. The van der Waals surface area contributed by atoms with E-state index in [0.717, 1.165) is 65.6 Å². The topological polar surface area (TPSA) is 87.7 Å². The third-order valence-corrected chi connectivity index (χ3v) is 8.13. The van der Waals surface area contributed by atoms with Crippen molar-refractivity contribution in [3.8, 4) is 0 Å². The smallest absolute Gasteiger partial charge is 0.408 e. The number of thioether (sulfide) groups is 1. The Morgan fingerprint density at radius 2 is 1.44 bits per heavy atom. The first-order valence-electron chi connectivity index (χ1n) is 15.5. The van der Waals surface area contributed by atoms with E-state index in [9.17, 15) is 14.4 Å². The van der Waals surface area contributed by atoms with Crippen molar-refractivity contribution < 1.29 is 19.1 Å². The Hall–Kier alpha value is -3.00. The molecule has 2 rings (SSSR count). The Balaban J connectivity index is 2.63. The van der Waals surface area contributed by atoms with E-state index in [-0.39, 0.29) is 11.8 Å². The summed E-state index contributed by atoms with van der Waals surface area (Å²) in [6.07, 6.45) is 6.75. The number of amides is 3. The standard InChI is InChI=1S/C35H53N3O4S/c1-10-11-12-13-14-22-38(33(40)28(21-23-43-9)36-34(41)42-35(6,7)8)31(29-24(2)17-15-18-25(29)3)32(39)37-30-26(4)19-16-20-27(30)5/h15-20,28,31H,10-14,21-23H2,1-9H3,(H,36,41)(H,37,39). The Labute approximate surface area is 263 Å². The Morgan fingerprint density at radius 1 is 0.884 bits per heavy atom.